The molecule has 0 saturated heterocycles. The summed E-state index contributed by atoms with van der Waals surface area (Å²) in [4.78, 5) is 28.5. The van der Waals surface area contributed by atoms with Gasteiger partial charge in [0.15, 0.2) is 17.2 Å². The summed E-state index contributed by atoms with van der Waals surface area (Å²) in [5, 5.41) is 9.13. The summed E-state index contributed by atoms with van der Waals surface area (Å²) >= 11 is 0. The summed E-state index contributed by atoms with van der Waals surface area (Å²) in [6.45, 7) is 4.23. The molecule has 128 valence electrons. The number of carbonyl (C=O) groups excluding carboxylic acids is 1. The number of ether oxygens (including phenoxy) is 1. The number of Topliss-reactive ketones (excluding diaryl/α,β-unsaturated/α-hetero) is 1. The normalized spacial score (nSPS) is 15.9. The van der Waals surface area contributed by atoms with Crippen LogP contribution in [0.4, 0.5) is 0 Å². The number of aryl methyl sites for hydroxylation is 1. The summed E-state index contributed by atoms with van der Waals surface area (Å²) in [5.41, 5.74) is 1.41. The number of imidazole rings is 1. The van der Waals surface area contributed by atoms with E-state index in [0.29, 0.717) is 29.4 Å². The third kappa shape index (κ3) is 2.88. The van der Waals surface area contributed by atoms with Gasteiger partial charge < -0.3 is 9.84 Å². The smallest absolute Gasteiger partial charge is 0.303 e. The number of ketones is 1. The van der Waals surface area contributed by atoms with Crippen LogP contribution in [-0.2, 0) is 4.79 Å². The molecule has 0 radical (unpaired) electrons. The first-order valence-corrected chi connectivity index (χ1v) is 8.31. The first-order valence-electron chi connectivity index (χ1n) is 8.31. The molecule has 0 spiro atoms. The number of carboxylic acids is 1. The Labute approximate surface area is 140 Å². The van der Waals surface area contributed by atoms with Gasteiger partial charge in [-0.25, -0.2) is 4.98 Å². The second kappa shape index (κ2) is 6.26. The van der Waals surface area contributed by atoms with Crippen molar-refractivity contribution in [1.82, 2.24) is 9.38 Å². The molecule has 2 aromatic rings. The average molecular weight is 330 g/mol. The van der Waals surface area contributed by atoms with Crippen molar-refractivity contribution >= 4 is 17.4 Å². The molecule has 0 bridgehead atoms. The topological polar surface area (TPSA) is 80.9 Å². The Balaban J connectivity index is 1.94. The van der Waals surface area contributed by atoms with Gasteiger partial charge in [0.2, 0.25) is 0 Å². The first kappa shape index (κ1) is 16.5. The second-order valence-electron chi connectivity index (χ2n) is 6.57. The van der Waals surface area contributed by atoms with Crippen molar-refractivity contribution in [3.05, 3.63) is 29.7 Å². The Kier molecular flexibility index (Phi) is 4.30. The number of nitrogens with zero attached hydrogens (tertiary/aromatic N) is 2. The van der Waals surface area contributed by atoms with Gasteiger partial charge in [-0.1, -0.05) is 6.42 Å². The molecule has 2 aromatic heterocycles. The number of hydrogen-bond acceptors (Lipinski definition) is 4. The van der Waals surface area contributed by atoms with Crippen LogP contribution in [-0.4, -0.2) is 32.9 Å². The van der Waals surface area contributed by atoms with Crippen LogP contribution in [0.5, 0.6) is 5.75 Å². The van der Waals surface area contributed by atoms with Crippen LogP contribution in [0.3, 0.4) is 0 Å². The van der Waals surface area contributed by atoms with Crippen molar-refractivity contribution in [3.63, 3.8) is 0 Å². The third-order valence-corrected chi connectivity index (χ3v) is 4.83. The van der Waals surface area contributed by atoms with Gasteiger partial charge in [0, 0.05) is 12.6 Å². The van der Waals surface area contributed by atoms with Crippen molar-refractivity contribution in [2.75, 3.05) is 6.61 Å². The average Bonchev–Trinajstić information content (AvgIpc) is 2.82. The standard InChI is InChI=1S/C18H22N2O4/c1-3-24-14-6-4-9-20-16(12(2)19-17(14)20)13(21)10-18(7-5-8-18)11-15(22)23/h4,6,9H,3,5,7-8,10-11H2,1-2H3,(H,22,23). The van der Waals surface area contributed by atoms with E-state index in [4.69, 9.17) is 9.84 Å². The molecule has 3 rings (SSSR count). The summed E-state index contributed by atoms with van der Waals surface area (Å²) in [6, 6.07) is 3.66. The van der Waals surface area contributed by atoms with Crippen LogP contribution in [0, 0.1) is 12.3 Å². The predicted molar refractivity (Wildman–Crippen MR) is 88.6 cm³/mol. The van der Waals surface area contributed by atoms with E-state index in [1.165, 1.54) is 0 Å². The van der Waals surface area contributed by atoms with Crippen LogP contribution in [0.25, 0.3) is 5.65 Å². The van der Waals surface area contributed by atoms with E-state index in [-0.39, 0.29) is 18.6 Å². The zero-order chi connectivity index (χ0) is 17.3. The Hall–Kier alpha value is -2.37. The van der Waals surface area contributed by atoms with Gasteiger partial charge in [-0.3, -0.25) is 14.0 Å². The van der Waals surface area contributed by atoms with Gasteiger partial charge >= 0.3 is 5.97 Å². The molecule has 0 amide bonds. The summed E-state index contributed by atoms with van der Waals surface area (Å²) in [7, 11) is 0. The summed E-state index contributed by atoms with van der Waals surface area (Å²) < 4.78 is 7.34. The Bertz CT molecular complexity index is 790. The van der Waals surface area contributed by atoms with E-state index >= 15 is 0 Å². The number of aromatic nitrogens is 2. The van der Waals surface area contributed by atoms with Crippen LogP contribution >= 0.6 is 0 Å². The van der Waals surface area contributed by atoms with E-state index in [0.717, 1.165) is 19.3 Å². The fourth-order valence-electron chi connectivity index (χ4n) is 3.60. The number of rotatable bonds is 7. The maximum Gasteiger partial charge on any atom is 0.303 e. The van der Waals surface area contributed by atoms with Crippen LogP contribution in [0.15, 0.2) is 18.3 Å². The Morgan fingerprint density at radius 1 is 1.38 bits per heavy atom. The summed E-state index contributed by atoms with van der Waals surface area (Å²) in [5.74, 6) is -0.239. The highest BCUT2D eigenvalue weighted by Crippen LogP contribution is 2.47. The van der Waals surface area contributed by atoms with Crippen molar-refractivity contribution in [3.8, 4) is 5.75 Å². The van der Waals surface area contributed by atoms with Crippen LogP contribution < -0.4 is 4.74 Å². The molecule has 24 heavy (non-hydrogen) atoms. The molecule has 1 aliphatic carbocycles. The second-order valence-corrected chi connectivity index (χ2v) is 6.57. The van der Waals surface area contributed by atoms with E-state index in [1.54, 1.807) is 17.5 Å². The third-order valence-electron chi connectivity index (χ3n) is 4.83. The molecular weight excluding hydrogens is 308 g/mol. The van der Waals surface area contributed by atoms with Crippen molar-refractivity contribution in [2.45, 2.75) is 46.0 Å². The SMILES string of the molecule is CCOc1cccn2c(C(=O)CC3(CC(=O)O)CCC3)c(C)nc12. The maximum atomic E-state index is 12.9. The molecule has 0 aliphatic heterocycles. The molecule has 1 saturated carbocycles. The highest BCUT2D eigenvalue weighted by Gasteiger charge is 2.41. The molecular formula is C18H22N2O4. The molecule has 0 atom stereocenters. The quantitative estimate of drug-likeness (QED) is 0.788. The van der Waals surface area contributed by atoms with Gasteiger partial charge in [-0.05, 0) is 44.2 Å². The number of hydrogen-bond donors (Lipinski definition) is 1. The van der Waals surface area contributed by atoms with Crippen molar-refractivity contribution in [2.24, 2.45) is 5.41 Å². The van der Waals surface area contributed by atoms with E-state index in [2.05, 4.69) is 4.98 Å². The predicted octanol–water partition coefficient (Wildman–Crippen LogP) is 3.26. The summed E-state index contributed by atoms with van der Waals surface area (Å²) in [6.07, 6.45) is 4.69. The Morgan fingerprint density at radius 2 is 2.12 bits per heavy atom. The fourth-order valence-corrected chi connectivity index (χ4v) is 3.60. The fraction of sp³-hybridized carbons (Fsp3) is 0.500. The molecule has 6 heteroatoms. The molecule has 0 unspecified atom stereocenters. The minimum Gasteiger partial charge on any atom is -0.490 e. The van der Waals surface area contributed by atoms with Crippen LogP contribution in [0.1, 0.15) is 55.2 Å². The number of fused-ring (bicyclic) bond motifs is 1. The molecule has 1 N–H and O–H groups in total. The van der Waals surface area contributed by atoms with Gasteiger partial charge in [-0.15, -0.1) is 0 Å². The van der Waals surface area contributed by atoms with Gasteiger partial charge in [0.1, 0.15) is 5.69 Å². The monoisotopic (exact) mass is 330 g/mol. The number of carbonyl (C=O) groups is 2. The zero-order valence-electron chi connectivity index (χ0n) is 14.0. The van der Waals surface area contributed by atoms with E-state index in [9.17, 15) is 9.59 Å². The highest BCUT2D eigenvalue weighted by molar-refractivity contribution is 5.97. The highest BCUT2D eigenvalue weighted by atomic mass is 16.5. The maximum absolute atomic E-state index is 12.9. The molecule has 6 nitrogen and oxygen atoms in total. The lowest BCUT2D eigenvalue weighted by molar-refractivity contribution is -0.141. The number of aliphatic carboxylic acids is 1. The molecule has 0 aromatic carbocycles. The lowest BCUT2D eigenvalue weighted by atomic mass is 9.63. The first-order chi connectivity index (χ1) is 11.5. The van der Waals surface area contributed by atoms with Gasteiger partial charge in [0.05, 0.1) is 18.7 Å². The van der Waals surface area contributed by atoms with Gasteiger partial charge in [-0.2, -0.15) is 0 Å². The van der Waals surface area contributed by atoms with E-state index < -0.39 is 11.4 Å². The largest absolute Gasteiger partial charge is 0.490 e. The molecule has 1 fully saturated rings. The minimum atomic E-state index is -0.837. The van der Waals surface area contributed by atoms with Crippen LogP contribution in [0.2, 0.25) is 0 Å². The zero-order valence-corrected chi connectivity index (χ0v) is 14.0. The molecule has 1 aliphatic rings. The van der Waals surface area contributed by atoms with Gasteiger partial charge in [0.25, 0.3) is 0 Å². The lowest BCUT2D eigenvalue weighted by Gasteiger charge is -2.40. The lowest BCUT2D eigenvalue weighted by Crippen LogP contribution is -2.34. The number of carboxylic acid groups (broad SMARTS) is 1. The Morgan fingerprint density at radius 3 is 2.71 bits per heavy atom. The minimum absolute atomic E-state index is 0.0467. The van der Waals surface area contributed by atoms with Crippen molar-refractivity contribution in [1.29, 1.82) is 0 Å². The number of pyridine rings is 1. The molecule has 2 heterocycles. The van der Waals surface area contributed by atoms with Crippen molar-refractivity contribution < 1.29 is 19.4 Å². The van der Waals surface area contributed by atoms with E-state index in [1.807, 2.05) is 19.1 Å².